The molecule has 0 radical (unpaired) electrons. The summed E-state index contributed by atoms with van der Waals surface area (Å²) in [4.78, 5) is 41.9. The molecule has 3 aliphatic rings. The number of rotatable bonds is 6. The fourth-order valence-electron chi connectivity index (χ4n) is 6.31. The number of nitrogens with zero attached hydrogens (tertiary/aromatic N) is 1. The Hall–Kier alpha value is -2.97. The van der Waals surface area contributed by atoms with Crippen LogP contribution >= 0.6 is 0 Å². The summed E-state index contributed by atoms with van der Waals surface area (Å²) in [6, 6.07) is 12.0. The van der Waals surface area contributed by atoms with Crippen LogP contribution in [-0.2, 0) is 19.1 Å². The molecular weight excluding hydrogens is 434 g/mol. The molecule has 3 saturated heterocycles. The van der Waals surface area contributed by atoms with Crippen LogP contribution in [0.25, 0.3) is 10.8 Å². The third-order valence-electron chi connectivity index (χ3n) is 7.87. The van der Waals surface area contributed by atoms with Crippen molar-refractivity contribution < 1.29 is 24.2 Å². The first-order valence-corrected chi connectivity index (χ1v) is 11.9. The number of amides is 3. The molecular formula is C26H31N3O5. The van der Waals surface area contributed by atoms with E-state index in [1.807, 2.05) is 56.3 Å². The fraction of sp³-hybridized carbons (Fsp3) is 0.500. The highest BCUT2D eigenvalue weighted by atomic mass is 16.5. The number of fused-ring (bicyclic) bond motifs is 2. The van der Waals surface area contributed by atoms with Gasteiger partial charge in [-0.3, -0.25) is 14.4 Å². The lowest BCUT2D eigenvalue weighted by Crippen LogP contribution is -2.57. The molecule has 1 spiro atoms. The van der Waals surface area contributed by atoms with Crippen molar-refractivity contribution in [2.45, 2.75) is 50.5 Å². The summed E-state index contributed by atoms with van der Waals surface area (Å²) in [5.74, 6) is -2.36. The zero-order valence-corrected chi connectivity index (χ0v) is 19.7. The van der Waals surface area contributed by atoms with E-state index in [4.69, 9.17) is 4.74 Å². The highest BCUT2D eigenvalue weighted by Crippen LogP contribution is 2.59. The van der Waals surface area contributed by atoms with Crippen LogP contribution in [0.3, 0.4) is 0 Å². The average molecular weight is 466 g/mol. The first kappa shape index (κ1) is 22.8. The van der Waals surface area contributed by atoms with Gasteiger partial charge in [0.1, 0.15) is 11.6 Å². The quantitative estimate of drug-likeness (QED) is 0.604. The van der Waals surface area contributed by atoms with Crippen LogP contribution in [0.5, 0.6) is 0 Å². The van der Waals surface area contributed by atoms with E-state index in [-0.39, 0.29) is 30.2 Å². The number of benzene rings is 2. The smallest absolute Gasteiger partial charge is 0.250 e. The lowest BCUT2D eigenvalue weighted by atomic mass is 9.70. The Morgan fingerprint density at radius 1 is 1.18 bits per heavy atom. The SMILES string of the molecule is CNC(=O)[C@@H]1[C@@H]2CCC3(O2)C(C(=O)Nc2ccc4ccccc4c2)N([C@@H](CO)C(C)C)C(=O)[C@H]13. The van der Waals surface area contributed by atoms with Crippen molar-refractivity contribution in [3.8, 4) is 0 Å². The van der Waals surface area contributed by atoms with E-state index >= 15 is 0 Å². The maximum atomic E-state index is 13.9. The molecule has 5 rings (SSSR count). The third kappa shape index (κ3) is 3.23. The molecule has 34 heavy (non-hydrogen) atoms. The summed E-state index contributed by atoms with van der Waals surface area (Å²) in [7, 11) is 1.55. The molecule has 3 heterocycles. The number of carbonyl (C=O) groups is 3. The van der Waals surface area contributed by atoms with Gasteiger partial charge in [0.25, 0.3) is 0 Å². The molecule has 0 saturated carbocycles. The Morgan fingerprint density at radius 3 is 2.59 bits per heavy atom. The standard InChI is InChI=1S/C26H31N3O5/c1-14(2)18(13-30)29-22(24(32)28-17-9-8-15-6-4-5-7-16(15)12-17)26-11-10-19(34-26)20(23(31)27-3)21(26)25(29)33/h4-9,12,14,18-22,30H,10-11,13H2,1-3H3,(H,27,31)(H,28,32)/t18-,19-,20+,21-,22?,26?/m0/s1. The number of aliphatic hydroxyl groups is 1. The Kier molecular flexibility index (Phi) is 5.61. The van der Waals surface area contributed by atoms with Crippen molar-refractivity contribution in [3.05, 3.63) is 42.5 Å². The number of hydrogen-bond acceptors (Lipinski definition) is 5. The summed E-state index contributed by atoms with van der Waals surface area (Å²) < 4.78 is 6.37. The molecule has 0 aromatic heterocycles. The minimum absolute atomic E-state index is 0.0872. The Labute approximate surface area is 198 Å². The summed E-state index contributed by atoms with van der Waals surface area (Å²) in [5.41, 5.74) is -0.459. The highest BCUT2D eigenvalue weighted by molar-refractivity contribution is 6.04. The van der Waals surface area contributed by atoms with Gasteiger partial charge in [-0.25, -0.2) is 0 Å². The largest absolute Gasteiger partial charge is 0.394 e. The van der Waals surface area contributed by atoms with Crippen molar-refractivity contribution in [1.82, 2.24) is 10.2 Å². The van der Waals surface area contributed by atoms with Gasteiger partial charge in [0.2, 0.25) is 17.7 Å². The van der Waals surface area contributed by atoms with Gasteiger partial charge < -0.3 is 25.4 Å². The number of nitrogens with one attached hydrogen (secondary N) is 2. The number of anilines is 1. The Bertz CT molecular complexity index is 1150. The summed E-state index contributed by atoms with van der Waals surface area (Å²) in [5, 5.41) is 17.9. The van der Waals surface area contributed by atoms with Gasteiger partial charge in [-0.15, -0.1) is 0 Å². The molecule has 8 heteroatoms. The van der Waals surface area contributed by atoms with E-state index in [1.165, 1.54) is 4.90 Å². The van der Waals surface area contributed by atoms with Crippen LogP contribution in [0.4, 0.5) is 5.69 Å². The minimum Gasteiger partial charge on any atom is -0.394 e. The van der Waals surface area contributed by atoms with E-state index < -0.39 is 35.6 Å². The van der Waals surface area contributed by atoms with E-state index in [0.29, 0.717) is 18.5 Å². The van der Waals surface area contributed by atoms with Crippen LogP contribution in [0.15, 0.2) is 42.5 Å². The topological polar surface area (TPSA) is 108 Å². The van der Waals surface area contributed by atoms with Crippen molar-refractivity contribution in [2.75, 3.05) is 19.0 Å². The third-order valence-corrected chi connectivity index (χ3v) is 7.87. The lowest BCUT2D eigenvalue weighted by Gasteiger charge is -2.38. The number of carbonyl (C=O) groups excluding carboxylic acids is 3. The zero-order valence-electron chi connectivity index (χ0n) is 19.7. The molecule has 3 fully saturated rings. The van der Waals surface area contributed by atoms with Gasteiger partial charge in [0.15, 0.2) is 0 Å². The highest BCUT2D eigenvalue weighted by Gasteiger charge is 2.75. The van der Waals surface area contributed by atoms with Gasteiger partial charge in [-0.2, -0.15) is 0 Å². The molecule has 2 bridgehead atoms. The van der Waals surface area contributed by atoms with Crippen LogP contribution in [0, 0.1) is 17.8 Å². The first-order chi connectivity index (χ1) is 16.3. The van der Waals surface area contributed by atoms with Crippen LogP contribution < -0.4 is 10.6 Å². The van der Waals surface area contributed by atoms with Crippen molar-refractivity contribution in [3.63, 3.8) is 0 Å². The second-order valence-corrected chi connectivity index (χ2v) is 9.96. The number of aliphatic hydroxyl groups excluding tert-OH is 1. The molecule has 0 aliphatic carbocycles. The van der Waals surface area contributed by atoms with Crippen LogP contribution in [-0.4, -0.2) is 65.2 Å². The minimum atomic E-state index is -1.08. The Balaban J connectivity index is 1.55. The van der Waals surface area contributed by atoms with E-state index in [0.717, 1.165) is 10.8 Å². The van der Waals surface area contributed by atoms with Crippen molar-refractivity contribution >= 4 is 34.2 Å². The number of ether oxygens (including phenoxy) is 1. The maximum Gasteiger partial charge on any atom is 0.250 e. The maximum absolute atomic E-state index is 13.9. The van der Waals surface area contributed by atoms with E-state index in [9.17, 15) is 19.5 Å². The second-order valence-electron chi connectivity index (χ2n) is 9.96. The van der Waals surface area contributed by atoms with Crippen molar-refractivity contribution in [1.29, 1.82) is 0 Å². The summed E-state index contributed by atoms with van der Waals surface area (Å²) in [6.45, 7) is 3.54. The molecule has 3 N–H and O–H groups in total. The molecule has 6 atom stereocenters. The molecule has 2 aromatic rings. The lowest BCUT2D eigenvalue weighted by molar-refractivity contribution is -0.145. The van der Waals surface area contributed by atoms with Crippen LogP contribution in [0.1, 0.15) is 26.7 Å². The van der Waals surface area contributed by atoms with E-state index in [2.05, 4.69) is 10.6 Å². The van der Waals surface area contributed by atoms with Gasteiger partial charge in [-0.05, 0) is 41.7 Å². The molecule has 3 amide bonds. The van der Waals surface area contributed by atoms with Crippen molar-refractivity contribution in [2.24, 2.45) is 17.8 Å². The van der Waals surface area contributed by atoms with Gasteiger partial charge in [0.05, 0.1) is 30.6 Å². The predicted octanol–water partition coefficient (Wildman–Crippen LogP) is 1.92. The second kappa shape index (κ2) is 8.36. The molecule has 2 aromatic carbocycles. The fourth-order valence-corrected chi connectivity index (χ4v) is 6.31. The monoisotopic (exact) mass is 465 g/mol. The molecule has 8 nitrogen and oxygen atoms in total. The first-order valence-electron chi connectivity index (χ1n) is 11.9. The summed E-state index contributed by atoms with van der Waals surface area (Å²) >= 11 is 0. The summed E-state index contributed by atoms with van der Waals surface area (Å²) in [6.07, 6.45) is 0.740. The zero-order chi connectivity index (χ0) is 24.2. The average Bonchev–Trinajstić information content (AvgIpc) is 3.46. The molecule has 180 valence electrons. The number of hydrogen-bond donors (Lipinski definition) is 3. The normalized spacial score (nSPS) is 30.6. The van der Waals surface area contributed by atoms with Gasteiger partial charge in [0, 0.05) is 12.7 Å². The van der Waals surface area contributed by atoms with E-state index in [1.54, 1.807) is 7.05 Å². The number of likely N-dealkylation sites (tertiary alicyclic amines) is 1. The van der Waals surface area contributed by atoms with Gasteiger partial charge >= 0.3 is 0 Å². The van der Waals surface area contributed by atoms with Gasteiger partial charge in [-0.1, -0.05) is 44.2 Å². The Morgan fingerprint density at radius 2 is 1.91 bits per heavy atom. The molecule has 2 unspecified atom stereocenters. The predicted molar refractivity (Wildman–Crippen MR) is 127 cm³/mol. The molecule has 3 aliphatic heterocycles. The van der Waals surface area contributed by atoms with Crippen LogP contribution in [0.2, 0.25) is 0 Å².